The lowest BCUT2D eigenvalue weighted by Gasteiger charge is -2.43. The van der Waals surface area contributed by atoms with Crippen LogP contribution in [0, 0.1) is 23.7 Å². The van der Waals surface area contributed by atoms with E-state index >= 15 is 0 Å². The van der Waals surface area contributed by atoms with Crippen molar-refractivity contribution in [3.8, 4) is 0 Å². The number of amides is 1. The smallest absolute Gasteiger partial charge is 0.223 e. The van der Waals surface area contributed by atoms with E-state index in [1.165, 1.54) is 37.7 Å². The molecule has 0 spiro atoms. The van der Waals surface area contributed by atoms with Crippen LogP contribution < -0.4 is 11.1 Å². The Balaban J connectivity index is 1.18. The molecular weight excluding hydrogens is 334 g/mol. The minimum Gasteiger partial charge on any atom is -0.356 e. The van der Waals surface area contributed by atoms with E-state index in [4.69, 9.17) is 5.73 Å². The Labute approximate surface area is 163 Å². The van der Waals surface area contributed by atoms with Gasteiger partial charge in [-0.05, 0) is 74.9 Å². The third-order valence-corrected chi connectivity index (χ3v) is 7.30. The molecule has 2 aliphatic carbocycles. The van der Waals surface area contributed by atoms with Crippen LogP contribution in [0.5, 0.6) is 0 Å². The summed E-state index contributed by atoms with van der Waals surface area (Å²) in [7, 11) is 0. The van der Waals surface area contributed by atoms with Gasteiger partial charge in [-0.25, -0.2) is 0 Å². The normalized spacial score (nSPS) is 32.2. The van der Waals surface area contributed by atoms with Crippen LogP contribution in [0.4, 0.5) is 0 Å². The molecule has 1 heterocycles. The minimum absolute atomic E-state index is 0.207. The van der Waals surface area contributed by atoms with E-state index in [1.54, 1.807) is 0 Å². The van der Waals surface area contributed by atoms with Crippen LogP contribution in [0.2, 0.25) is 0 Å². The standard InChI is InChI=1S/C23H35N3O/c24-22-19-7-4-8-20(22)14-21(13-19)23(27)25-15-17-9-11-26(12-10-17)16-18-5-2-1-3-6-18/h1-3,5-6,17,19-22H,4,7-16,24H2,(H,25,27). The van der Waals surface area contributed by atoms with Crippen LogP contribution in [0.25, 0.3) is 0 Å². The van der Waals surface area contributed by atoms with Crippen molar-refractivity contribution in [1.29, 1.82) is 0 Å². The van der Waals surface area contributed by atoms with Gasteiger partial charge in [-0.2, -0.15) is 0 Å². The lowest BCUT2D eigenvalue weighted by Crippen LogP contribution is -2.49. The van der Waals surface area contributed by atoms with E-state index in [1.807, 2.05) is 0 Å². The van der Waals surface area contributed by atoms with Crippen LogP contribution in [0.3, 0.4) is 0 Å². The highest BCUT2D eigenvalue weighted by atomic mass is 16.1. The highest BCUT2D eigenvalue weighted by molar-refractivity contribution is 5.78. The second-order valence-electron chi connectivity index (χ2n) is 9.15. The molecule has 3 fully saturated rings. The fourth-order valence-corrected chi connectivity index (χ4v) is 5.58. The van der Waals surface area contributed by atoms with Gasteiger partial charge in [-0.1, -0.05) is 36.8 Å². The number of likely N-dealkylation sites (tertiary alicyclic amines) is 1. The average Bonchev–Trinajstić information content (AvgIpc) is 2.68. The van der Waals surface area contributed by atoms with Crippen molar-refractivity contribution in [2.24, 2.45) is 29.4 Å². The fourth-order valence-electron chi connectivity index (χ4n) is 5.58. The summed E-state index contributed by atoms with van der Waals surface area (Å²) in [6, 6.07) is 11.1. The van der Waals surface area contributed by atoms with Gasteiger partial charge in [0.25, 0.3) is 0 Å². The van der Waals surface area contributed by atoms with Gasteiger partial charge in [-0.3, -0.25) is 9.69 Å². The van der Waals surface area contributed by atoms with E-state index in [-0.39, 0.29) is 5.92 Å². The maximum absolute atomic E-state index is 12.7. The Kier molecular flexibility index (Phi) is 6.14. The molecule has 27 heavy (non-hydrogen) atoms. The summed E-state index contributed by atoms with van der Waals surface area (Å²) >= 11 is 0. The number of hydrogen-bond acceptors (Lipinski definition) is 3. The topological polar surface area (TPSA) is 58.4 Å². The number of piperidine rings is 1. The maximum atomic E-state index is 12.7. The zero-order chi connectivity index (χ0) is 18.6. The molecule has 1 aromatic rings. The first-order valence-electron chi connectivity index (χ1n) is 11.0. The van der Waals surface area contributed by atoms with Gasteiger partial charge in [0.15, 0.2) is 0 Å². The van der Waals surface area contributed by atoms with Crippen molar-refractivity contribution in [3.63, 3.8) is 0 Å². The monoisotopic (exact) mass is 369 g/mol. The Morgan fingerprint density at radius 2 is 1.70 bits per heavy atom. The van der Waals surface area contributed by atoms with Gasteiger partial charge in [0.2, 0.25) is 5.91 Å². The van der Waals surface area contributed by atoms with Gasteiger partial charge >= 0.3 is 0 Å². The number of benzene rings is 1. The number of carbonyl (C=O) groups excluding carboxylic acids is 1. The zero-order valence-corrected chi connectivity index (χ0v) is 16.5. The predicted molar refractivity (Wildman–Crippen MR) is 109 cm³/mol. The molecule has 3 aliphatic rings. The lowest BCUT2D eigenvalue weighted by molar-refractivity contribution is -0.128. The summed E-state index contributed by atoms with van der Waals surface area (Å²) in [5, 5.41) is 3.29. The fraction of sp³-hybridized carbons (Fsp3) is 0.696. The molecule has 3 N–H and O–H groups in total. The third-order valence-electron chi connectivity index (χ3n) is 7.30. The maximum Gasteiger partial charge on any atom is 0.223 e. The summed E-state index contributed by atoms with van der Waals surface area (Å²) in [6.07, 6.45) is 8.15. The number of nitrogens with zero attached hydrogens (tertiary/aromatic N) is 1. The minimum atomic E-state index is 0.207. The molecule has 4 nitrogen and oxygen atoms in total. The van der Waals surface area contributed by atoms with E-state index in [2.05, 4.69) is 40.5 Å². The molecule has 2 bridgehead atoms. The van der Waals surface area contributed by atoms with Crippen LogP contribution in [-0.2, 0) is 11.3 Å². The number of fused-ring (bicyclic) bond motifs is 2. The highest BCUT2D eigenvalue weighted by Gasteiger charge is 2.40. The first-order chi connectivity index (χ1) is 13.2. The quantitative estimate of drug-likeness (QED) is 0.838. The molecule has 0 radical (unpaired) electrons. The van der Waals surface area contributed by atoms with Crippen molar-refractivity contribution in [1.82, 2.24) is 10.2 Å². The Morgan fingerprint density at radius 3 is 2.37 bits per heavy atom. The molecular formula is C23H35N3O. The summed E-state index contributed by atoms with van der Waals surface area (Å²) in [5.74, 6) is 2.29. The number of nitrogens with one attached hydrogen (secondary N) is 1. The third kappa shape index (κ3) is 4.72. The van der Waals surface area contributed by atoms with Crippen molar-refractivity contribution in [2.75, 3.05) is 19.6 Å². The number of nitrogens with two attached hydrogens (primary N) is 1. The van der Waals surface area contributed by atoms with Crippen molar-refractivity contribution >= 4 is 5.91 Å². The van der Waals surface area contributed by atoms with Crippen LogP contribution in [0.1, 0.15) is 50.5 Å². The Hall–Kier alpha value is -1.39. The lowest BCUT2D eigenvalue weighted by atomic mass is 9.65. The van der Waals surface area contributed by atoms with Crippen molar-refractivity contribution in [3.05, 3.63) is 35.9 Å². The number of rotatable bonds is 5. The second-order valence-corrected chi connectivity index (χ2v) is 9.15. The van der Waals surface area contributed by atoms with E-state index in [9.17, 15) is 4.79 Å². The van der Waals surface area contributed by atoms with Gasteiger partial charge in [0, 0.05) is 25.0 Å². The van der Waals surface area contributed by atoms with Gasteiger partial charge in [0.05, 0.1) is 0 Å². The average molecular weight is 370 g/mol. The number of hydrogen-bond donors (Lipinski definition) is 2. The molecule has 2 saturated carbocycles. The van der Waals surface area contributed by atoms with Gasteiger partial charge in [0.1, 0.15) is 0 Å². The molecule has 1 aliphatic heterocycles. The van der Waals surface area contributed by atoms with E-state index in [0.717, 1.165) is 39.0 Å². The van der Waals surface area contributed by atoms with E-state index in [0.29, 0.717) is 29.7 Å². The van der Waals surface area contributed by atoms with Crippen LogP contribution >= 0.6 is 0 Å². The molecule has 2 atom stereocenters. The Bertz CT molecular complexity index is 597. The predicted octanol–water partition coefficient (Wildman–Crippen LogP) is 3.17. The van der Waals surface area contributed by atoms with Gasteiger partial charge in [-0.15, -0.1) is 0 Å². The summed E-state index contributed by atoms with van der Waals surface area (Å²) in [5.41, 5.74) is 7.76. The van der Waals surface area contributed by atoms with Crippen LogP contribution in [-0.4, -0.2) is 36.5 Å². The van der Waals surface area contributed by atoms with Crippen molar-refractivity contribution < 1.29 is 4.79 Å². The molecule has 148 valence electrons. The van der Waals surface area contributed by atoms with Crippen LogP contribution in [0.15, 0.2) is 30.3 Å². The first kappa shape index (κ1) is 18.9. The zero-order valence-electron chi connectivity index (χ0n) is 16.5. The molecule has 1 amide bonds. The largest absolute Gasteiger partial charge is 0.356 e. The summed E-state index contributed by atoms with van der Waals surface area (Å²) in [6.45, 7) is 4.18. The Morgan fingerprint density at radius 1 is 1.04 bits per heavy atom. The SMILES string of the molecule is NC1C2CCCC1CC(C(=O)NCC1CCN(Cc3ccccc3)CC1)C2. The molecule has 4 rings (SSSR count). The highest BCUT2D eigenvalue weighted by Crippen LogP contribution is 2.41. The second kappa shape index (κ2) is 8.74. The molecule has 1 aromatic carbocycles. The molecule has 4 heteroatoms. The summed E-state index contributed by atoms with van der Waals surface area (Å²) < 4.78 is 0. The molecule has 0 aromatic heterocycles. The first-order valence-corrected chi connectivity index (χ1v) is 11.0. The van der Waals surface area contributed by atoms with Gasteiger partial charge < -0.3 is 11.1 Å². The summed E-state index contributed by atoms with van der Waals surface area (Å²) in [4.78, 5) is 15.3. The number of carbonyl (C=O) groups is 1. The molecule has 2 unspecified atom stereocenters. The molecule has 1 saturated heterocycles. The van der Waals surface area contributed by atoms with E-state index < -0.39 is 0 Å². The van der Waals surface area contributed by atoms with Crippen molar-refractivity contribution in [2.45, 2.75) is 57.5 Å².